The molecule has 1 amide bonds. The highest BCUT2D eigenvalue weighted by Crippen LogP contribution is 2.30. The summed E-state index contributed by atoms with van der Waals surface area (Å²) in [5, 5.41) is 7.39. The van der Waals surface area contributed by atoms with Gasteiger partial charge in [0, 0.05) is 6.04 Å². The van der Waals surface area contributed by atoms with Crippen LogP contribution in [0.5, 0.6) is 0 Å². The van der Waals surface area contributed by atoms with Crippen LogP contribution in [-0.2, 0) is 10.0 Å². The van der Waals surface area contributed by atoms with E-state index in [9.17, 15) is 17.6 Å². The maximum absolute atomic E-state index is 13.5. The third-order valence-corrected chi connectivity index (χ3v) is 4.24. The topological polar surface area (TPSA) is 89.3 Å². The summed E-state index contributed by atoms with van der Waals surface area (Å²) in [4.78, 5) is 11.2. The molecule has 2 atom stereocenters. The van der Waals surface area contributed by atoms with Crippen molar-refractivity contribution in [2.24, 2.45) is 11.1 Å². The first-order valence-corrected chi connectivity index (χ1v) is 7.45. The molecule has 0 spiro atoms. The van der Waals surface area contributed by atoms with Crippen LogP contribution in [0.1, 0.15) is 23.7 Å². The molecule has 0 heterocycles. The monoisotopic (exact) mass is 306 g/mol. The predicted octanol–water partition coefficient (Wildman–Crippen LogP) is 1.26. The number of rotatable bonds is 3. The first-order valence-electron chi connectivity index (χ1n) is 5.53. The van der Waals surface area contributed by atoms with E-state index in [0.717, 1.165) is 18.6 Å². The van der Waals surface area contributed by atoms with Crippen LogP contribution in [0, 0.1) is 11.7 Å². The maximum Gasteiger partial charge on any atom is 0.253 e. The zero-order valence-electron chi connectivity index (χ0n) is 9.98. The molecule has 0 radical (unpaired) electrons. The van der Waals surface area contributed by atoms with Gasteiger partial charge in [-0.15, -0.1) is 0 Å². The molecule has 1 aliphatic rings. The van der Waals surface area contributed by atoms with Gasteiger partial charge in [0.05, 0.1) is 10.6 Å². The van der Waals surface area contributed by atoms with Gasteiger partial charge in [-0.25, -0.2) is 17.9 Å². The summed E-state index contributed by atoms with van der Waals surface area (Å²) in [5.74, 6) is -1.24. The average molecular weight is 307 g/mol. The summed E-state index contributed by atoms with van der Waals surface area (Å²) in [6, 6.07) is 1.67. The van der Waals surface area contributed by atoms with E-state index in [1.165, 1.54) is 0 Å². The number of nitrogens with two attached hydrogens (primary N) is 1. The van der Waals surface area contributed by atoms with E-state index >= 15 is 0 Å². The van der Waals surface area contributed by atoms with Crippen LogP contribution in [0.4, 0.5) is 4.39 Å². The van der Waals surface area contributed by atoms with Gasteiger partial charge in [0.25, 0.3) is 5.91 Å². The molecule has 1 saturated carbocycles. The summed E-state index contributed by atoms with van der Waals surface area (Å²) in [5.41, 5.74) is -0.105. The van der Waals surface area contributed by atoms with E-state index < -0.39 is 26.6 Å². The Labute approximate surface area is 115 Å². The summed E-state index contributed by atoms with van der Waals surface area (Å²) in [7, 11) is -4.24. The van der Waals surface area contributed by atoms with Crippen LogP contribution < -0.4 is 10.5 Å². The molecule has 0 aromatic heterocycles. The number of nitrogens with one attached hydrogen (secondary N) is 1. The highest BCUT2D eigenvalue weighted by atomic mass is 35.5. The van der Waals surface area contributed by atoms with Crippen molar-refractivity contribution in [3.05, 3.63) is 28.5 Å². The van der Waals surface area contributed by atoms with Gasteiger partial charge in [0.15, 0.2) is 0 Å². The fourth-order valence-electron chi connectivity index (χ4n) is 1.69. The molecule has 5 nitrogen and oxygen atoms in total. The molecule has 3 N–H and O–H groups in total. The van der Waals surface area contributed by atoms with Gasteiger partial charge in [-0.3, -0.25) is 4.79 Å². The number of benzene rings is 1. The molecule has 0 aliphatic heterocycles. The first kappa shape index (κ1) is 14.2. The highest BCUT2D eigenvalue weighted by Gasteiger charge is 2.34. The molecular formula is C11H12ClFN2O3S. The van der Waals surface area contributed by atoms with E-state index in [0.29, 0.717) is 5.92 Å². The smallest absolute Gasteiger partial charge is 0.253 e. The van der Waals surface area contributed by atoms with Crippen LogP contribution in [0.15, 0.2) is 17.0 Å². The molecule has 19 heavy (non-hydrogen) atoms. The van der Waals surface area contributed by atoms with E-state index in [-0.39, 0.29) is 16.6 Å². The van der Waals surface area contributed by atoms with Gasteiger partial charge in [-0.2, -0.15) is 0 Å². The second-order valence-corrected chi connectivity index (χ2v) is 6.54. The molecule has 1 aromatic carbocycles. The van der Waals surface area contributed by atoms with Crippen molar-refractivity contribution in [1.29, 1.82) is 0 Å². The normalized spacial score (nSPS) is 22.1. The Bertz CT molecular complexity index is 648. The van der Waals surface area contributed by atoms with Crippen LogP contribution >= 0.6 is 11.6 Å². The molecule has 2 rings (SSSR count). The lowest BCUT2D eigenvalue weighted by molar-refractivity contribution is 0.0949. The lowest BCUT2D eigenvalue weighted by Gasteiger charge is -2.08. The summed E-state index contributed by atoms with van der Waals surface area (Å²) in [6.45, 7) is 1.97. The van der Waals surface area contributed by atoms with Gasteiger partial charge in [-0.05, 0) is 24.5 Å². The SMILES string of the molecule is CC1CC1NC(=O)c1cc(S(N)(=O)=O)c(F)cc1Cl. The van der Waals surface area contributed by atoms with Crippen molar-refractivity contribution in [2.75, 3.05) is 0 Å². The average Bonchev–Trinajstić information content (AvgIpc) is 2.91. The van der Waals surface area contributed by atoms with Crippen molar-refractivity contribution in [3.63, 3.8) is 0 Å². The van der Waals surface area contributed by atoms with Crippen molar-refractivity contribution in [1.82, 2.24) is 5.32 Å². The second-order valence-electron chi connectivity index (χ2n) is 4.60. The largest absolute Gasteiger partial charge is 0.349 e. The molecule has 0 saturated heterocycles. The second kappa shape index (κ2) is 4.73. The summed E-state index contributed by atoms with van der Waals surface area (Å²) in [6.07, 6.45) is 0.854. The van der Waals surface area contributed by atoms with Gasteiger partial charge in [-0.1, -0.05) is 18.5 Å². The number of amides is 1. The van der Waals surface area contributed by atoms with Crippen molar-refractivity contribution < 1.29 is 17.6 Å². The number of halogens is 2. The van der Waals surface area contributed by atoms with Crippen LogP contribution in [0.25, 0.3) is 0 Å². The Hall–Kier alpha value is -1.18. The van der Waals surface area contributed by atoms with Crippen LogP contribution in [0.2, 0.25) is 5.02 Å². The molecule has 0 bridgehead atoms. The third kappa shape index (κ3) is 3.05. The zero-order valence-corrected chi connectivity index (χ0v) is 11.6. The predicted molar refractivity (Wildman–Crippen MR) is 67.8 cm³/mol. The highest BCUT2D eigenvalue weighted by molar-refractivity contribution is 7.89. The van der Waals surface area contributed by atoms with Gasteiger partial charge in [0.2, 0.25) is 10.0 Å². The van der Waals surface area contributed by atoms with E-state index in [2.05, 4.69) is 5.32 Å². The van der Waals surface area contributed by atoms with Crippen LogP contribution in [-0.4, -0.2) is 20.4 Å². The zero-order chi connectivity index (χ0) is 14.4. The minimum absolute atomic E-state index is 0.0477. The van der Waals surface area contributed by atoms with Crippen molar-refractivity contribution in [2.45, 2.75) is 24.3 Å². The number of primary sulfonamides is 1. The number of carbonyl (C=O) groups excluding carboxylic acids is 1. The number of hydrogen-bond acceptors (Lipinski definition) is 3. The molecule has 2 unspecified atom stereocenters. The summed E-state index contributed by atoms with van der Waals surface area (Å²) >= 11 is 5.75. The van der Waals surface area contributed by atoms with Gasteiger partial charge < -0.3 is 5.32 Å². The number of sulfonamides is 1. The molecular weight excluding hydrogens is 295 g/mol. The van der Waals surface area contributed by atoms with Gasteiger partial charge >= 0.3 is 0 Å². The lowest BCUT2D eigenvalue weighted by atomic mass is 10.2. The quantitative estimate of drug-likeness (QED) is 0.881. The fourth-order valence-corrected chi connectivity index (χ4v) is 2.54. The van der Waals surface area contributed by atoms with Crippen LogP contribution in [0.3, 0.4) is 0 Å². The Balaban J connectivity index is 2.37. The number of carbonyl (C=O) groups is 1. The minimum Gasteiger partial charge on any atom is -0.349 e. The van der Waals surface area contributed by atoms with Gasteiger partial charge in [0.1, 0.15) is 10.7 Å². The molecule has 8 heteroatoms. The maximum atomic E-state index is 13.5. The first-order chi connectivity index (χ1) is 8.70. The summed E-state index contributed by atoms with van der Waals surface area (Å²) < 4.78 is 35.8. The third-order valence-electron chi connectivity index (χ3n) is 3.00. The standard InChI is InChI=1S/C11H12ClFN2O3S/c1-5-2-9(5)15-11(16)6-3-10(19(14,17)18)8(13)4-7(6)12/h3-5,9H,2H2,1H3,(H,15,16)(H2,14,17,18). The molecule has 104 valence electrons. The Morgan fingerprint density at radius 3 is 2.58 bits per heavy atom. The van der Waals surface area contributed by atoms with E-state index in [1.54, 1.807) is 0 Å². The Morgan fingerprint density at radius 1 is 1.53 bits per heavy atom. The van der Waals surface area contributed by atoms with Crippen molar-refractivity contribution in [3.8, 4) is 0 Å². The number of hydrogen-bond donors (Lipinski definition) is 2. The minimum atomic E-state index is -4.24. The van der Waals surface area contributed by atoms with E-state index in [4.69, 9.17) is 16.7 Å². The fraction of sp³-hybridized carbons (Fsp3) is 0.364. The Morgan fingerprint density at radius 2 is 2.11 bits per heavy atom. The van der Waals surface area contributed by atoms with E-state index in [1.807, 2.05) is 6.92 Å². The molecule has 1 fully saturated rings. The molecule has 1 aromatic rings. The molecule has 1 aliphatic carbocycles. The van der Waals surface area contributed by atoms with Crippen molar-refractivity contribution >= 4 is 27.5 Å². The Kier molecular flexibility index (Phi) is 3.55. The lowest BCUT2D eigenvalue weighted by Crippen LogP contribution is -2.27.